The molecule has 3 rings (SSSR count). The Morgan fingerprint density at radius 3 is 2.00 bits per heavy atom. The largest absolute Gasteiger partial charge is 0.481 e. The number of rotatable bonds is 2. The number of carboxylic acids is 1. The Bertz CT molecular complexity index is 397. The third-order valence-electron chi connectivity index (χ3n) is 5.36. The highest BCUT2D eigenvalue weighted by Gasteiger charge is 2.47. The van der Waals surface area contributed by atoms with E-state index in [1.54, 1.807) is 0 Å². The average Bonchev–Trinajstić information content (AvgIpc) is 2.70. The van der Waals surface area contributed by atoms with Crippen LogP contribution < -0.4 is 0 Å². The summed E-state index contributed by atoms with van der Waals surface area (Å²) in [6.07, 6.45) is 6.12. The molecule has 2 N–H and O–H groups in total. The number of fused-ring (bicyclic) bond motifs is 2. The number of hydrogen-bond donors (Lipinski definition) is 2. The van der Waals surface area contributed by atoms with Gasteiger partial charge in [-0.2, -0.15) is 0 Å². The van der Waals surface area contributed by atoms with Crippen LogP contribution in [0, 0.1) is 11.8 Å². The van der Waals surface area contributed by atoms with Crippen molar-refractivity contribution >= 4 is 11.9 Å². The van der Waals surface area contributed by atoms with Gasteiger partial charge in [-0.05, 0) is 38.5 Å². The van der Waals surface area contributed by atoms with Gasteiger partial charge < -0.3 is 15.1 Å². The van der Waals surface area contributed by atoms with Gasteiger partial charge in [-0.25, -0.2) is 0 Å². The first-order valence-electron chi connectivity index (χ1n) is 7.81. The van der Waals surface area contributed by atoms with Gasteiger partial charge in [0, 0.05) is 12.1 Å². The molecule has 2 saturated heterocycles. The number of aliphatic hydroxyl groups excluding tert-OH is 1. The maximum absolute atomic E-state index is 12.8. The van der Waals surface area contributed by atoms with Crippen LogP contribution in [-0.4, -0.2) is 45.2 Å². The van der Waals surface area contributed by atoms with Gasteiger partial charge in [-0.15, -0.1) is 0 Å². The summed E-state index contributed by atoms with van der Waals surface area (Å²) >= 11 is 0. The smallest absolute Gasteiger partial charge is 0.307 e. The molecule has 4 atom stereocenters. The van der Waals surface area contributed by atoms with Gasteiger partial charge in [-0.1, -0.05) is 12.8 Å². The van der Waals surface area contributed by atoms with Crippen LogP contribution in [0.3, 0.4) is 0 Å². The molecule has 0 radical (unpaired) electrons. The molecular formula is C15H23NO4. The van der Waals surface area contributed by atoms with Gasteiger partial charge in [0.05, 0.1) is 17.9 Å². The molecule has 2 aliphatic heterocycles. The Kier molecular flexibility index (Phi) is 3.71. The molecule has 0 aromatic rings. The van der Waals surface area contributed by atoms with Crippen LogP contribution in [0.5, 0.6) is 0 Å². The van der Waals surface area contributed by atoms with Crippen LogP contribution in [0.25, 0.3) is 0 Å². The fourth-order valence-electron chi connectivity index (χ4n) is 4.42. The third-order valence-corrected chi connectivity index (χ3v) is 5.36. The van der Waals surface area contributed by atoms with Gasteiger partial charge in [0.1, 0.15) is 0 Å². The second kappa shape index (κ2) is 5.35. The first-order valence-corrected chi connectivity index (χ1v) is 7.81. The van der Waals surface area contributed by atoms with Crippen molar-refractivity contribution in [2.75, 3.05) is 0 Å². The summed E-state index contributed by atoms with van der Waals surface area (Å²) in [6, 6.07) is 0.264. The molecule has 0 aromatic carbocycles. The van der Waals surface area contributed by atoms with E-state index in [1.165, 1.54) is 0 Å². The van der Waals surface area contributed by atoms with Crippen molar-refractivity contribution in [3.05, 3.63) is 0 Å². The lowest BCUT2D eigenvalue weighted by Gasteiger charge is -2.41. The summed E-state index contributed by atoms with van der Waals surface area (Å²) in [5.41, 5.74) is 0. The number of aliphatic carboxylic acids is 1. The van der Waals surface area contributed by atoms with Gasteiger partial charge in [0.2, 0.25) is 5.91 Å². The van der Waals surface area contributed by atoms with E-state index in [4.69, 9.17) is 0 Å². The summed E-state index contributed by atoms with van der Waals surface area (Å²) in [5.74, 6) is -1.65. The zero-order chi connectivity index (χ0) is 14.3. The molecule has 2 bridgehead atoms. The number of carbonyl (C=O) groups excluding carboxylic acids is 1. The van der Waals surface area contributed by atoms with Crippen molar-refractivity contribution < 1.29 is 19.8 Å². The van der Waals surface area contributed by atoms with Crippen molar-refractivity contribution in [3.63, 3.8) is 0 Å². The Hall–Kier alpha value is -1.10. The van der Waals surface area contributed by atoms with E-state index in [1.807, 2.05) is 4.90 Å². The number of aliphatic hydroxyl groups is 1. The van der Waals surface area contributed by atoms with E-state index in [0.717, 1.165) is 25.7 Å². The van der Waals surface area contributed by atoms with Crippen LogP contribution in [0.15, 0.2) is 0 Å². The number of carbonyl (C=O) groups is 2. The van der Waals surface area contributed by atoms with E-state index in [0.29, 0.717) is 25.7 Å². The van der Waals surface area contributed by atoms with E-state index in [2.05, 4.69) is 0 Å². The molecule has 2 heterocycles. The summed E-state index contributed by atoms with van der Waals surface area (Å²) in [5, 5.41) is 19.1. The van der Waals surface area contributed by atoms with Crippen LogP contribution in [0.2, 0.25) is 0 Å². The molecule has 112 valence electrons. The van der Waals surface area contributed by atoms with Crippen molar-refractivity contribution in [2.45, 2.75) is 69.6 Å². The zero-order valence-electron chi connectivity index (χ0n) is 11.7. The molecular weight excluding hydrogens is 258 g/mol. The van der Waals surface area contributed by atoms with Gasteiger partial charge >= 0.3 is 5.97 Å². The number of hydrogen-bond acceptors (Lipinski definition) is 3. The minimum absolute atomic E-state index is 0.0384. The molecule has 20 heavy (non-hydrogen) atoms. The summed E-state index contributed by atoms with van der Waals surface area (Å²) in [7, 11) is 0. The molecule has 2 unspecified atom stereocenters. The topological polar surface area (TPSA) is 77.8 Å². The molecule has 1 saturated carbocycles. The lowest BCUT2D eigenvalue weighted by molar-refractivity contribution is -0.155. The Labute approximate surface area is 119 Å². The minimum atomic E-state index is -0.826. The molecule has 3 fully saturated rings. The normalized spacial score (nSPS) is 40.6. The van der Waals surface area contributed by atoms with E-state index < -0.39 is 11.9 Å². The minimum Gasteiger partial charge on any atom is -0.481 e. The van der Waals surface area contributed by atoms with Crippen LogP contribution >= 0.6 is 0 Å². The fraction of sp³-hybridized carbons (Fsp3) is 0.867. The first kappa shape index (κ1) is 13.9. The number of piperidine rings is 1. The lowest BCUT2D eigenvalue weighted by atomic mass is 9.78. The predicted octanol–water partition coefficient (Wildman–Crippen LogP) is 1.39. The summed E-state index contributed by atoms with van der Waals surface area (Å²) in [4.78, 5) is 26.1. The van der Waals surface area contributed by atoms with E-state index in [9.17, 15) is 19.8 Å². The molecule has 5 nitrogen and oxygen atoms in total. The molecule has 1 amide bonds. The van der Waals surface area contributed by atoms with Crippen molar-refractivity contribution in [1.82, 2.24) is 4.90 Å². The Morgan fingerprint density at radius 1 is 0.900 bits per heavy atom. The third kappa shape index (κ3) is 2.32. The van der Waals surface area contributed by atoms with Crippen LogP contribution in [-0.2, 0) is 9.59 Å². The van der Waals surface area contributed by atoms with Crippen molar-refractivity contribution in [1.29, 1.82) is 0 Å². The average molecular weight is 281 g/mol. The van der Waals surface area contributed by atoms with E-state index in [-0.39, 0.29) is 30.0 Å². The molecule has 5 heteroatoms. The number of amides is 1. The fourth-order valence-corrected chi connectivity index (χ4v) is 4.42. The van der Waals surface area contributed by atoms with Crippen LogP contribution in [0.1, 0.15) is 51.4 Å². The molecule has 0 aromatic heterocycles. The lowest BCUT2D eigenvalue weighted by Crippen LogP contribution is -2.52. The van der Waals surface area contributed by atoms with Crippen LogP contribution in [0.4, 0.5) is 0 Å². The number of nitrogens with zero attached hydrogens (tertiary/aromatic N) is 1. The van der Waals surface area contributed by atoms with Crippen molar-refractivity contribution in [3.8, 4) is 0 Å². The Morgan fingerprint density at radius 2 is 1.45 bits per heavy atom. The first-order chi connectivity index (χ1) is 9.58. The standard InChI is InChI=1S/C15H23NO4/c17-11-7-9-5-6-10(8-11)16(9)14(18)12-3-1-2-4-13(12)15(19)20/h9-13,17H,1-8H2,(H,19,20)/t9?,10?,11?,12-,13+/m1/s1. The van der Waals surface area contributed by atoms with E-state index >= 15 is 0 Å². The quantitative estimate of drug-likeness (QED) is 0.802. The monoisotopic (exact) mass is 281 g/mol. The van der Waals surface area contributed by atoms with Gasteiger partial charge in [-0.3, -0.25) is 9.59 Å². The second-order valence-electron chi connectivity index (χ2n) is 6.59. The molecule has 1 aliphatic carbocycles. The zero-order valence-corrected chi connectivity index (χ0v) is 11.7. The Balaban J connectivity index is 1.76. The molecule has 0 spiro atoms. The maximum Gasteiger partial charge on any atom is 0.307 e. The molecule has 3 aliphatic rings. The highest BCUT2D eigenvalue weighted by molar-refractivity contribution is 5.85. The number of carboxylic acid groups (broad SMARTS) is 1. The summed E-state index contributed by atoms with van der Waals surface area (Å²) < 4.78 is 0. The SMILES string of the molecule is O=C(O)[C@H]1CCCC[C@H]1C(=O)N1C2CCC1CC(O)C2. The van der Waals surface area contributed by atoms with Gasteiger partial charge in [0.15, 0.2) is 0 Å². The van der Waals surface area contributed by atoms with Crippen molar-refractivity contribution in [2.24, 2.45) is 11.8 Å². The predicted molar refractivity (Wildman–Crippen MR) is 72.0 cm³/mol. The highest BCUT2D eigenvalue weighted by Crippen LogP contribution is 2.40. The highest BCUT2D eigenvalue weighted by atomic mass is 16.4. The summed E-state index contributed by atoms with van der Waals surface area (Å²) in [6.45, 7) is 0. The van der Waals surface area contributed by atoms with Gasteiger partial charge in [0.25, 0.3) is 0 Å². The second-order valence-corrected chi connectivity index (χ2v) is 6.59. The maximum atomic E-state index is 12.8.